The zero-order chi connectivity index (χ0) is 15.0. The minimum absolute atomic E-state index is 0.0107. The lowest BCUT2D eigenvalue weighted by Gasteiger charge is -2.20. The summed E-state index contributed by atoms with van der Waals surface area (Å²) < 4.78 is 33.6. The third-order valence-corrected chi connectivity index (χ3v) is 5.33. The number of hydrogen-bond acceptors (Lipinski definition) is 6. The van der Waals surface area contributed by atoms with Crippen LogP contribution in [0.4, 0.5) is 5.69 Å². The standard InChI is InChI=1S/C13H16N2O5S/c14-10-7-12-11(19-8-20-12)6-9(10)13(16)15-2-1-4-21(17,18)5-3-15/h6-7H,1-5,8,14H2. The number of amides is 1. The van der Waals surface area contributed by atoms with Gasteiger partial charge in [0, 0.05) is 24.8 Å². The van der Waals surface area contributed by atoms with Crippen LogP contribution in [0.15, 0.2) is 12.1 Å². The Kier molecular flexibility index (Phi) is 3.40. The van der Waals surface area contributed by atoms with Crippen molar-refractivity contribution in [2.75, 3.05) is 37.1 Å². The van der Waals surface area contributed by atoms with Crippen LogP contribution in [0.25, 0.3) is 0 Å². The second-order valence-corrected chi connectivity index (χ2v) is 7.39. The molecule has 1 saturated heterocycles. The molecule has 114 valence electrons. The van der Waals surface area contributed by atoms with Crippen LogP contribution in [0.2, 0.25) is 0 Å². The molecule has 0 aliphatic carbocycles. The maximum absolute atomic E-state index is 12.5. The summed E-state index contributed by atoms with van der Waals surface area (Å²) in [6.07, 6.45) is 0.443. The SMILES string of the molecule is Nc1cc2c(cc1C(=O)N1CCCS(=O)(=O)CC1)OCO2. The van der Waals surface area contributed by atoms with Crippen molar-refractivity contribution in [3.8, 4) is 11.5 Å². The molecule has 2 heterocycles. The average Bonchev–Trinajstić information content (AvgIpc) is 2.79. The lowest BCUT2D eigenvalue weighted by molar-refractivity contribution is 0.0769. The number of nitrogen functional groups attached to an aromatic ring is 1. The zero-order valence-corrected chi connectivity index (χ0v) is 12.2. The highest BCUT2D eigenvalue weighted by Crippen LogP contribution is 2.36. The molecule has 2 N–H and O–H groups in total. The van der Waals surface area contributed by atoms with Crippen molar-refractivity contribution in [2.45, 2.75) is 6.42 Å². The summed E-state index contributed by atoms with van der Waals surface area (Å²) in [5.41, 5.74) is 6.51. The van der Waals surface area contributed by atoms with E-state index in [2.05, 4.69) is 0 Å². The molecule has 0 unspecified atom stereocenters. The van der Waals surface area contributed by atoms with Crippen molar-refractivity contribution in [2.24, 2.45) is 0 Å². The molecular weight excluding hydrogens is 296 g/mol. The largest absolute Gasteiger partial charge is 0.454 e. The lowest BCUT2D eigenvalue weighted by Crippen LogP contribution is -2.34. The van der Waals surface area contributed by atoms with Gasteiger partial charge in [-0.3, -0.25) is 4.79 Å². The smallest absolute Gasteiger partial charge is 0.256 e. The molecule has 0 aromatic heterocycles. The fourth-order valence-electron chi connectivity index (χ4n) is 2.45. The monoisotopic (exact) mass is 312 g/mol. The van der Waals surface area contributed by atoms with Gasteiger partial charge in [0.2, 0.25) is 6.79 Å². The number of rotatable bonds is 1. The number of sulfone groups is 1. The Bertz CT molecular complexity index is 686. The molecule has 3 rings (SSSR count). The van der Waals surface area contributed by atoms with E-state index >= 15 is 0 Å². The molecule has 0 atom stereocenters. The van der Waals surface area contributed by atoms with Crippen LogP contribution >= 0.6 is 0 Å². The van der Waals surface area contributed by atoms with Gasteiger partial charge in [-0.05, 0) is 12.5 Å². The molecule has 2 aliphatic heterocycles. The van der Waals surface area contributed by atoms with Gasteiger partial charge < -0.3 is 20.1 Å². The highest BCUT2D eigenvalue weighted by atomic mass is 32.2. The van der Waals surface area contributed by atoms with Crippen molar-refractivity contribution < 1.29 is 22.7 Å². The second kappa shape index (κ2) is 5.10. The number of carbonyl (C=O) groups excluding carboxylic acids is 1. The first-order valence-electron chi connectivity index (χ1n) is 6.65. The van der Waals surface area contributed by atoms with E-state index in [0.29, 0.717) is 35.7 Å². The number of nitrogens with two attached hydrogens (primary N) is 1. The Morgan fingerprint density at radius 1 is 1.14 bits per heavy atom. The van der Waals surface area contributed by atoms with Crippen molar-refractivity contribution in [3.63, 3.8) is 0 Å². The minimum Gasteiger partial charge on any atom is -0.454 e. The van der Waals surface area contributed by atoms with E-state index in [1.54, 1.807) is 12.1 Å². The Labute approximate surface area is 122 Å². The first kappa shape index (κ1) is 14.0. The van der Waals surface area contributed by atoms with E-state index in [1.165, 1.54) is 4.90 Å². The maximum atomic E-state index is 12.5. The quantitative estimate of drug-likeness (QED) is 0.747. The normalized spacial score (nSPS) is 20.1. The predicted octanol–water partition coefficient (Wildman–Crippen LogP) is 0.258. The predicted molar refractivity (Wildman–Crippen MR) is 76.2 cm³/mol. The van der Waals surface area contributed by atoms with Crippen molar-refractivity contribution in [1.82, 2.24) is 4.90 Å². The Morgan fingerprint density at radius 2 is 1.86 bits per heavy atom. The number of anilines is 1. The van der Waals surface area contributed by atoms with E-state index in [-0.39, 0.29) is 30.8 Å². The number of hydrogen-bond donors (Lipinski definition) is 1. The number of ether oxygens (including phenoxy) is 2. The van der Waals surface area contributed by atoms with Gasteiger partial charge >= 0.3 is 0 Å². The van der Waals surface area contributed by atoms with Crippen molar-refractivity contribution >= 4 is 21.4 Å². The summed E-state index contributed by atoms with van der Waals surface area (Å²) in [6, 6.07) is 3.11. The van der Waals surface area contributed by atoms with Crippen molar-refractivity contribution in [3.05, 3.63) is 17.7 Å². The third-order valence-electron chi connectivity index (χ3n) is 3.62. The summed E-state index contributed by atoms with van der Waals surface area (Å²) in [4.78, 5) is 14.1. The van der Waals surface area contributed by atoms with Crippen LogP contribution in [-0.4, -0.2) is 50.6 Å². The molecule has 0 bridgehead atoms. The average molecular weight is 312 g/mol. The van der Waals surface area contributed by atoms with Gasteiger partial charge in [-0.2, -0.15) is 0 Å². The third kappa shape index (κ3) is 2.76. The fraction of sp³-hybridized carbons (Fsp3) is 0.462. The van der Waals surface area contributed by atoms with E-state index < -0.39 is 9.84 Å². The van der Waals surface area contributed by atoms with Gasteiger partial charge in [0.05, 0.1) is 17.1 Å². The fourth-order valence-corrected chi connectivity index (χ4v) is 3.73. The molecule has 1 aromatic rings. The molecule has 0 radical (unpaired) electrons. The Balaban J connectivity index is 1.85. The second-order valence-electron chi connectivity index (χ2n) is 5.09. The molecule has 1 fully saturated rings. The summed E-state index contributed by atoms with van der Waals surface area (Å²) in [5.74, 6) is 0.830. The van der Waals surface area contributed by atoms with Gasteiger partial charge in [-0.15, -0.1) is 0 Å². The van der Waals surface area contributed by atoms with E-state index in [0.717, 1.165) is 0 Å². The molecule has 8 heteroatoms. The lowest BCUT2D eigenvalue weighted by atomic mass is 10.1. The number of benzene rings is 1. The summed E-state index contributed by atoms with van der Waals surface area (Å²) in [5, 5.41) is 0. The molecule has 21 heavy (non-hydrogen) atoms. The van der Waals surface area contributed by atoms with Crippen LogP contribution < -0.4 is 15.2 Å². The van der Waals surface area contributed by atoms with Gasteiger partial charge in [-0.1, -0.05) is 0 Å². The maximum Gasteiger partial charge on any atom is 0.256 e. The van der Waals surface area contributed by atoms with E-state index in [4.69, 9.17) is 15.2 Å². The van der Waals surface area contributed by atoms with Crippen LogP contribution in [0.5, 0.6) is 11.5 Å². The van der Waals surface area contributed by atoms with Crippen LogP contribution in [0.1, 0.15) is 16.8 Å². The van der Waals surface area contributed by atoms with Crippen LogP contribution in [-0.2, 0) is 9.84 Å². The van der Waals surface area contributed by atoms with Crippen LogP contribution in [0, 0.1) is 0 Å². The van der Waals surface area contributed by atoms with E-state index in [1.807, 2.05) is 0 Å². The topological polar surface area (TPSA) is 98.9 Å². The number of nitrogens with zero attached hydrogens (tertiary/aromatic N) is 1. The van der Waals surface area contributed by atoms with Gasteiger partial charge in [-0.25, -0.2) is 8.42 Å². The number of fused-ring (bicyclic) bond motifs is 1. The zero-order valence-electron chi connectivity index (χ0n) is 11.4. The summed E-state index contributed by atoms with van der Waals surface area (Å²) in [6.45, 7) is 0.704. The first-order valence-corrected chi connectivity index (χ1v) is 8.47. The number of carbonyl (C=O) groups is 1. The first-order chi connectivity index (χ1) is 9.96. The van der Waals surface area contributed by atoms with Crippen molar-refractivity contribution in [1.29, 1.82) is 0 Å². The Hall–Kier alpha value is -1.96. The minimum atomic E-state index is -3.06. The molecule has 7 nitrogen and oxygen atoms in total. The van der Waals surface area contributed by atoms with Gasteiger partial charge in [0.1, 0.15) is 0 Å². The Morgan fingerprint density at radius 3 is 2.62 bits per heavy atom. The summed E-state index contributed by atoms with van der Waals surface area (Å²) >= 11 is 0. The molecule has 1 aromatic carbocycles. The molecular formula is C13H16N2O5S. The van der Waals surface area contributed by atoms with Crippen LogP contribution in [0.3, 0.4) is 0 Å². The molecule has 1 amide bonds. The highest BCUT2D eigenvalue weighted by Gasteiger charge is 2.26. The van der Waals surface area contributed by atoms with E-state index in [9.17, 15) is 13.2 Å². The highest BCUT2D eigenvalue weighted by molar-refractivity contribution is 7.91. The molecule has 0 saturated carbocycles. The summed E-state index contributed by atoms with van der Waals surface area (Å²) in [7, 11) is -3.06. The molecule has 2 aliphatic rings. The van der Waals surface area contributed by atoms with Gasteiger partial charge in [0.25, 0.3) is 5.91 Å². The molecule has 0 spiro atoms. The van der Waals surface area contributed by atoms with Gasteiger partial charge in [0.15, 0.2) is 21.3 Å².